The van der Waals surface area contributed by atoms with Gasteiger partial charge >= 0.3 is 0 Å². The number of pyridine rings is 1. The molecule has 1 N–H and O–H groups in total. The number of hydrogen-bond acceptors (Lipinski definition) is 5. The van der Waals surface area contributed by atoms with Crippen molar-refractivity contribution in [3.8, 4) is 0 Å². The number of Topliss-reactive ketones (excluding diaryl/α,β-unsaturated/α-hetero) is 1. The van der Waals surface area contributed by atoms with Crippen molar-refractivity contribution in [1.29, 1.82) is 0 Å². The van der Waals surface area contributed by atoms with E-state index in [2.05, 4.69) is 10.3 Å². The molecule has 1 fully saturated rings. The summed E-state index contributed by atoms with van der Waals surface area (Å²) < 4.78 is 0. The van der Waals surface area contributed by atoms with Gasteiger partial charge in [-0.3, -0.25) is 14.4 Å². The van der Waals surface area contributed by atoms with Gasteiger partial charge in [-0.05, 0) is 23.8 Å². The van der Waals surface area contributed by atoms with Crippen molar-refractivity contribution in [2.45, 2.75) is 5.92 Å². The Hall–Kier alpha value is -2.93. The number of halogens is 1. The van der Waals surface area contributed by atoms with Gasteiger partial charge in [0.25, 0.3) is 11.8 Å². The molecule has 1 aromatic carbocycles. The van der Waals surface area contributed by atoms with Crippen molar-refractivity contribution in [1.82, 2.24) is 14.8 Å². The molecule has 1 atom stereocenters. The van der Waals surface area contributed by atoms with Gasteiger partial charge in [0.15, 0.2) is 5.15 Å². The van der Waals surface area contributed by atoms with Gasteiger partial charge in [-0.25, -0.2) is 4.98 Å². The minimum Gasteiger partial charge on any atom is -0.381 e. The van der Waals surface area contributed by atoms with Gasteiger partial charge in [-0.15, -0.1) is 0 Å². The molecule has 0 bridgehead atoms. The number of fused-ring (bicyclic) bond motifs is 1. The quantitative estimate of drug-likeness (QED) is 0.629. The summed E-state index contributed by atoms with van der Waals surface area (Å²) in [4.78, 5) is 45.2. The van der Waals surface area contributed by atoms with E-state index in [4.69, 9.17) is 11.6 Å². The molecule has 0 aliphatic carbocycles. The molecule has 2 aliphatic rings. The van der Waals surface area contributed by atoms with Gasteiger partial charge in [0, 0.05) is 44.5 Å². The summed E-state index contributed by atoms with van der Waals surface area (Å²) in [5.41, 5.74) is 1.95. The van der Waals surface area contributed by atoms with Crippen LogP contribution in [0.3, 0.4) is 0 Å². The highest BCUT2D eigenvalue weighted by atomic mass is 35.5. The molecular weight excluding hydrogens is 380 g/mol. The molecule has 2 aromatic rings. The molecule has 0 radical (unpaired) electrons. The number of carbonyl (C=O) groups is 3. The number of anilines is 1. The Morgan fingerprint density at radius 1 is 1.00 bits per heavy atom. The molecule has 144 valence electrons. The molecule has 0 saturated carbocycles. The first-order valence-electron chi connectivity index (χ1n) is 9.12. The normalized spacial score (nSPS) is 18.4. The van der Waals surface area contributed by atoms with E-state index in [0.29, 0.717) is 54.7 Å². The molecule has 1 unspecified atom stereocenters. The van der Waals surface area contributed by atoms with Crippen LogP contribution in [-0.4, -0.2) is 65.1 Å². The first-order valence-corrected chi connectivity index (χ1v) is 9.50. The summed E-state index contributed by atoms with van der Waals surface area (Å²) in [6, 6.07) is 10.8. The summed E-state index contributed by atoms with van der Waals surface area (Å²) >= 11 is 6.05. The number of amides is 2. The zero-order valence-corrected chi connectivity index (χ0v) is 15.9. The smallest absolute Gasteiger partial charge is 0.290 e. The Balaban J connectivity index is 1.39. The summed E-state index contributed by atoms with van der Waals surface area (Å²) in [5.74, 6) is -1.60. The average Bonchev–Trinajstić information content (AvgIpc) is 3.18. The van der Waals surface area contributed by atoms with E-state index in [9.17, 15) is 14.4 Å². The minimum absolute atomic E-state index is 0.0601. The summed E-state index contributed by atoms with van der Waals surface area (Å²) in [6.07, 6.45) is 1.53. The molecule has 2 aliphatic heterocycles. The Morgan fingerprint density at radius 3 is 2.39 bits per heavy atom. The standard InChI is InChI=1S/C20H19ClN4O3/c21-18-16-14(6-7-22-18)15(12-23-16)17(26)20(28)25-10-8-24(9-11-25)19(27)13-4-2-1-3-5-13/h1-7,15,23H,8-12H2. The van der Waals surface area contributed by atoms with Crippen LogP contribution in [0.15, 0.2) is 42.6 Å². The molecule has 8 heteroatoms. The molecule has 1 saturated heterocycles. The predicted octanol–water partition coefficient (Wildman–Crippen LogP) is 1.80. The zero-order valence-electron chi connectivity index (χ0n) is 15.1. The molecule has 1 aromatic heterocycles. The number of benzene rings is 1. The summed E-state index contributed by atoms with van der Waals surface area (Å²) in [6.45, 7) is 1.82. The monoisotopic (exact) mass is 398 g/mol. The third-order valence-corrected chi connectivity index (χ3v) is 5.48. The van der Waals surface area contributed by atoms with Crippen LogP contribution in [0.5, 0.6) is 0 Å². The van der Waals surface area contributed by atoms with E-state index in [1.165, 1.54) is 11.1 Å². The van der Waals surface area contributed by atoms with Crippen LogP contribution in [0.2, 0.25) is 5.15 Å². The van der Waals surface area contributed by atoms with Crippen LogP contribution in [0.25, 0.3) is 0 Å². The second kappa shape index (κ2) is 7.59. The SMILES string of the molecule is O=C(C(=O)N1CCN(C(=O)c2ccccc2)CC1)C1CNc2c1ccnc2Cl. The maximum atomic E-state index is 12.8. The number of aromatic nitrogens is 1. The summed E-state index contributed by atoms with van der Waals surface area (Å²) in [5, 5.41) is 3.36. The Bertz CT molecular complexity index is 926. The maximum Gasteiger partial charge on any atom is 0.290 e. The fourth-order valence-electron chi connectivity index (χ4n) is 3.64. The van der Waals surface area contributed by atoms with E-state index in [1.54, 1.807) is 23.1 Å². The Kier molecular flexibility index (Phi) is 5.00. The van der Waals surface area contributed by atoms with Crippen molar-refractivity contribution < 1.29 is 14.4 Å². The van der Waals surface area contributed by atoms with Gasteiger partial charge in [0.2, 0.25) is 5.78 Å². The number of carbonyl (C=O) groups excluding carboxylic acids is 3. The van der Waals surface area contributed by atoms with Crippen molar-refractivity contribution in [2.24, 2.45) is 0 Å². The van der Waals surface area contributed by atoms with E-state index < -0.39 is 17.6 Å². The molecule has 28 heavy (non-hydrogen) atoms. The predicted molar refractivity (Wildman–Crippen MR) is 104 cm³/mol. The fraction of sp³-hybridized carbons (Fsp3) is 0.300. The third-order valence-electron chi connectivity index (χ3n) is 5.20. The highest BCUT2D eigenvalue weighted by molar-refractivity contribution is 6.39. The molecule has 0 spiro atoms. The molecule has 7 nitrogen and oxygen atoms in total. The van der Waals surface area contributed by atoms with Crippen LogP contribution < -0.4 is 5.32 Å². The van der Waals surface area contributed by atoms with E-state index >= 15 is 0 Å². The fourth-order valence-corrected chi connectivity index (χ4v) is 3.88. The largest absolute Gasteiger partial charge is 0.381 e. The number of rotatable bonds is 3. The highest BCUT2D eigenvalue weighted by Gasteiger charge is 2.37. The number of ketones is 1. The van der Waals surface area contributed by atoms with Gasteiger partial charge in [0.1, 0.15) is 0 Å². The second-order valence-electron chi connectivity index (χ2n) is 6.81. The van der Waals surface area contributed by atoms with Gasteiger partial charge < -0.3 is 15.1 Å². The van der Waals surface area contributed by atoms with Crippen molar-refractivity contribution in [2.75, 3.05) is 38.0 Å². The Labute approximate surface area is 167 Å². The van der Waals surface area contributed by atoms with Crippen LogP contribution in [0.1, 0.15) is 21.8 Å². The lowest BCUT2D eigenvalue weighted by Crippen LogP contribution is -2.52. The zero-order chi connectivity index (χ0) is 19.7. The first kappa shape index (κ1) is 18.4. The van der Waals surface area contributed by atoms with Crippen LogP contribution >= 0.6 is 11.6 Å². The van der Waals surface area contributed by atoms with Crippen LogP contribution in [0, 0.1) is 0 Å². The van der Waals surface area contributed by atoms with Gasteiger partial charge in [-0.2, -0.15) is 0 Å². The Morgan fingerprint density at radius 2 is 1.68 bits per heavy atom. The molecule has 3 heterocycles. The van der Waals surface area contributed by atoms with Crippen LogP contribution in [0.4, 0.5) is 5.69 Å². The van der Waals surface area contributed by atoms with Crippen molar-refractivity contribution in [3.63, 3.8) is 0 Å². The minimum atomic E-state index is -0.563. The van der Waals surface area contributed by atoms with Crippen LogP contribution in [-0.2, 0) is 9.59 Å². The molecule has 2 amide bonds. The number of piperazine rings is 1. The lowest BCUT2D eigenvalue weighted by atomic mass is 9.96. The van der Waals surface area contributed by atoms with Gasteiger partial charge in [-0.1, -0.05) is 29.8 Å². The second-order valence-corrected chi connectivity index (χ2v) is 7.17. The third kappa shape index (κ3) is 3.33. The lowest BCUT2D eigenvalue weighted by molar-refractivity contribution is -0.146. The van der Waals surface area contributed by atoms with E-state index in [1.807, 2.05) is 18.2 Å². The first-order chi connectivity index (χ1) is 13.6. The van der Waals surface area contributed by atoms with Crippen molar-refractivity contribution >= 4 is 34.9 Å². The van der Waals surface area contributed by atoms with Crippen molar-refractivity contribution in [3.05, 3.63) is 58.9 Å². The maximum absolute atomic E-state index is 12.8. The average molecular weight is 399 g/mol. The highest BCUT2D eigenvalue weighted by Crippen LogP contribution is 2.36. The topological polar surface area (TPSA) is 82.6 Å². The molecular formula is C20H19ClN4O3. The van der Waals surface area contributed by atoms with E-state index in [-0.39, 0.29) is 5.91 Å². The van der Waals surface area contributed by atoms with E-state index in [0.717, 1.165) is 0 Å². The number of nitrogens with zero attached hydrogens (tertiary/aromatic N) is 3. The summed E-state index contributed by atoms with van der Waals surface area (Å²) in [7, 11) is 0. The van der Waals surface area contributed by atoms with Gasteiger partial charge in [0.05, 0.1) is 11.6 Å². The molecule has 4 rings (SSSR count). The number of hydrogen-bond donors (Lipinski definition) is 1. The number of nitrogens with one attached hydrogen (secondary N) is 1. The lowest BCUT2D eigenvalue weighted by Gasteiger charge is -2.34.